The highest BCUT2D eigenvalue weighted by molar-refractivity contribution is 7.89. The molecule has 1 atom stereocenters. The van der Waals surface area contributed by atoms with Crippen molar-refractivity contribution in [1.82, 2.24) is 9.21 Å². The highest BCUT2D eigenvalue weighted by atomic mass is 32.2. The largest absolute Gasteiger partial charge is 0.481 e. The number of sulfonamides is 1. The lowest BCUT2D eigenvalue weighted by atomic mass is 10.0. The molecule has 0 bridgehead atoms. The van der Waals surface area contributed by atoms with E-state index in [4.69, 9.17) is 4.74 Å². The minimum Gasteiger partial charge on any atom is -0.481 e. The molecule has 7 heteroatoms. The van der Waals surface area contributed by atoms with Crippen LogP contribution in [-0.2, 0) is 14.8 Å². The van der Waals surface area contributed by atoms with Crippen LogP contribution in [0.4, 0.5) is 0 Å². The summed E-state index contributed by atoms with van der Waals surface area (Å²) < 4.78 is 33.1. The highest BCUT2D eigenvalue weighted by Gasteiger charge is 2.32. The van der Waals surface area contributed by atoms with Crippen molar-refractivity contribution in [2.24, 2.45) is 0 Å². The molecule has 2 aromatic rings. The summed E-state index contributed by atoms with van der Waals surface area (Å²) in [5, 5.41) is 0. The number of amides is 1. The van der Waals surface area contributed by atoms with Crippen molar-refractivity contribution >= 4 is 15.9 Å². The van der Waals surface area contributed by atoms with Crippen molar-refractivity contribution in [3.63, 3.8) is 0 Å². The summed E-state index contributed by atoms with van der Waals surface area (Å²) in [6.45, 7) is 9.09. The van der Waals surface area contributed by atoms with Gasteiger partial charge in [0.15, 0.2) is 6.10 Å². The minimum absolute atomic E-state index is 0.124. The van der Waals surface area contributed by atoms with Crippen LogP contribution < -0.4 is 4.74 Å². The maximum absolute atomic E-state index is 12.9. The van der Waals surface area contributed by atoms with Gasteiger partial charge in [0.1, 0.15) is 5.75 Å². The van der Waals surface area contributed by atoms with Gasteiger partial charge in [-0.3, -0.25) is 4.79 Å². The first-order valence-corrected chi connectivity index (χ1v) is 11.8. The number of hydrogen-bond acceptors (Lipinski definition) is 4. The monoisotopic (exact) mass is 430 g/mol. The molecule has 0 N–H and O–H groups in total. The average molecular weight is 431 g/mol. The van der Waals surface area contributed by atoms with E-state index in [-0.39, 0.29) is 23.9 Å². The maximum atomic E-state index is 12.9. The van der Waals surface area contributed by atoms with Gasteiger partial charge in [-0.15, -0.1) is 0 Å². The Bertz CT molecular complexity index is 979. The van der Waals surface area contributed by atoms with E-state index in [0.29, 0.717) is 24.8 Å². The lowest BCUT2D eigenvalue weighted by Crippen LogP contribution is -2.53. The first-order chi connectivity index (χ1) is 14.2. The molecule has 1 fully saturated rings. The third-order valence-corrected chi connectivity index (χ3v) is 7.31. The van der Waals surface area contributed by atoms with Gasteiger partial charge in [0, 0.05) is 26.2 Å². The molecule has 0 radical (unpaired) electrons. The van der Waals surface area contributed by atoms with Crippen molar-refractivity contribution in [3.05, 3.63) is 59.7 Å². The lowest BCUT2D eigenvalue weighted by Gasteiger charge is -2.35. The smallest absolute Gasteiger partial charge is 0.263 e. The number of rotatable bonds is 6. The molecule has 1 saturated heterocycles. The number of piperazine rings is 1. The molecule has 2 aromatic carbocycles. The summed E-state index contributed by atoms with van der Waals surface area (Å²) in [7, 11) is -3.55. The van der Waals surface area contributed by atoms with Gasteiger partial charge >= 0.3 is 0 Å². The number of para-hydroxylation sites is 1. The SMILES string of the molecule is Cc1ccc(S(=O)(=O)N2CCN(C(=O)C(C)Oc3ccccc3C(C)C)CC2)cc1. The molecular formula is C23H30N2O4S. The number of carbonyl (C=O) groups excluding carboxylic acids is 1. The second kappa shape index (κ2) is 9.18. The molecule has 3 rings (SSSR count). The summed E-state index contributed by atoms with van der Waals surface area (Å²) in [6.07, 6.45) is -0.634. The van der Waals surface area contributed by atoms with Crippen molar-refractivity contribution in [2.75, 3.05) is 26.2 Å². The van der Waals surface area contributed by atoms with Crippen LogP contribution in [0.2, 0.25) is 0 Å². The zero-order valence-corrected chi connectivity index (χ0v) is 18.9. The predicted molar refractivity (Wildman–Crippen MR) is 117 cm³/mol. The number of benzene rings is 2. The molecule has 1 aliphatic rings. The van der Waals surface area contributed by atoms with E-state index >= 15 is 0 Å². The minimum atomic E-state index is -3.55. The molecule has 1 amide bonds. The van der Waals surface area contributed by atoms with Crippen LogP contribution in [0, 0.1) is 6.92 Å². The molecule has 0 spiro atoms. The Kier molecular flexibility index (Phi) is 6.83. The maximum Gasteiger partial charge on any atom is 0.263 e. The Labute approximate surface area is 179 Å². The van der Waals surface area contributed by atoms with E-state index in [1.165, 1.54) is 4.31 Å². The van der Waals surface area contributed by atoms with E-state index < -0.39 is 16.1 Å². The fraction of sp³-hybridized carbons (Fsp3) is 0.435. The van der Waals surface area contributed by atoms with Gasteiger partial charge in [-0.1, -0.05) is 49.7 Å². The summed E-state index contributed by atoms with van der Waals surface area (Å²) in [4.78, 5) is 14.9. The van der Waals surface area contributed by atoms with E-state index in [0.717, 1.165) is 11.1 Å². The number of carbonyl (C=O) groups is 1. The van der Waals surface area contributed by atoms with Gasteiger partial charge < -0.3 is 9.64 Å². The van der Waals surface area contributed by atoms with Gasteiger partial charge in [0.05, 0.1) is 4.90 Å². The molecule has 0 aromatic heterocycles. The molecule has 1 aliphatic heterocycles. The number of ether oxygens (including phenoxy) is 1. The second-order valence-corrected chi connectivity index (χ2v) is 9.93. The molecule has 162 valence electrons. The predicted octanol–water partition coefficient (Wildman–Crippen LogP) is 3.42. The van der Waals surface area contributed by atoms with E-state index in [1.807, 2.05) is 31.2 Å². The molecular weight excluding hydrogens is 400 g/mol. The number of aryl methyl sites for hydroxylation is 1. The van der Waals surface area contributed by atoms with Crippen LogP contribution in [0.25, 0.3) is 0 Å². The van der Waals surface area contributed by atoms with E-state index in [2.05, 4.69) is 13.8 Å². The number of hydrogen-bond donors (Lipinski definition) is 0. The molecule has 30 heavy (non-hydrogen) atoms. The van der Waals surface area contributed by atoms with Crippen molar-refractivity contribution in [1.29, 1.82) is 0 Å². The van der Waals surface area contributed by atoms with E-state index in [1.54, 1.807) is 36.1 Å². The summed E-state index contributed by atoms with van der Waals surface area (Å²) >= 11 is 0. The standard InChI is InChI=1S/C23H30N2O4S/c1-17(2)21-7-5-6-8-22(21)29-19(4)23(26)24-13-15-25(16-14-24)30(27,28)20-11-9-18(3)10-12-20/h5-12,17,19H,13-16H2,1-4H3. The lowest BCUT2D eigenvalue weighted by molar-refractivity contribution is -0.139. The summed E-state index contributed by atoms with van der Waals surface area (Å²) in [6, 6.07) is 14.6. The molecule has 1 heterocycles. The Hall–Kier alpha value is -2.38. The van der Waals surface area contributed by atoms with Gasteiger partial charge in [-0.2, -0.15) is 4.31 Å². The highest BCUT2D eigenvalue weighted by Crippen LogP contribution is 2.27. The van der Waals surface area contributed by atoms with Crippen molar-refractivity contribution in [3.8, 4) is 5.75 Å². The van der Waals surface area contributed by atoms with Crippen LogP contribution in [-0.4, -0.2) is 55.8 Å². The molecule has 1 unspecified atom stereocenters. The third-order valence-electron chi connectivity index (χ3n) is 5.40. The topological polar surface area (TPSA) is 66.9 Å². The van der Waals surface area contributed by atoms with Gasteiger partial charge in [0.2, 0.25) is 10.0 Å². The zero-order valence-electron chi connectivity index (χ0n) is 18.0. The van der Waals surface area contributed by atoms with Crippen molar-refractivity contribution < 1.29 is 17.9 Å². The van der Waals surface area contributed by atoms with Crippen LogP contribution >= 0.6 is 0 Å². The first kappa shape index (κ1) is 22.3. The quantitative estimate of drug-likeness (QED) is 0.704. The van der Waals surface area contributed by atoms with Gasteiger partial charge in [0.25, 0.3) is 5.91 Å². The molecule has 6 nitrogen and oxygen atoms in total. The fourth-order valence-electron chi connectivity index (χ4n) is 3.57. The van der Waals surface area contributed by atoms with E-state index in [9.17, 15) is 13.2 Å². The average Bonchev–Trinajstić information content (AvgIpc) is 2.74. The van der Waals surface area contributed by atoms with Crippen LogP contribution in [0.5, 0.6) is 5.75 Å². The van der Waals surface area contributed by atoms with Crippen LogP contribution in [0.15, 0.2) is 53.4 Å². The first-order valence-electron chi connectivity index (χ1n) is 10.3. The Balaban J connectivity index is 1.62. The fourth-order valence-corrected chi connectivity index (χ4v) is 4.99. The van der Waals surface area contributed by atoms with Crippen LogP contribution in [0.1, 0.15) is 37.8 Å². The molecule has 0 saturated carbocycles. The third kappa shape index (κ3) is 4.84. The van der Waals surface area contributed by atoms with Gasteiger partial charge in [-0.25, -0.2) is 8.42 Å². The van der Waals surface area contributed by atoms with Crippen LogP contribution in [0.3, 0.4) is 0 Å². The number of nitrogens with zero attached hydrogens (tertiary/aromatic N) is 2. The summed E-state index contributed by atoms with van der Waals surface area (Å²) in [5.74, 6) is 0.883. The summed E-state index contributed by atoms with van der Waals surface area (Å²) in [5.41, 5.74) is 2.07. The Morgan fingerprint density at radius 1 is 0.933 bits per heavy atom. The second-order valence-electron chi connectivity index (χ2n) is 8.00. The molecule has 0 aliphatic carbocycles. The zero-order chi connectivity index (χ0) is 21.9. The normalized spacial score (nSPS) is 16.5. The Morgan fingerprint density at radius 3 is 2.13 bits per heavy atom. The van der Waals surface area contributed by atoms with Gasteiger partial charge in [-0.05, 0) is 43.5 Å². The van der Waals surface area contributed by atoms with Crippen molar-refractivity contribution in [2.45, 2.75) is 44.6 Å². The Morgan fingerprint density at radius 2 is 1.53 bits per heavy atom.